The van der Waals surface area contributed by atoms with Crippen LogP contribution in [0.25, 0.3) is 0 Å². The number of hydrogen-bond donors (Lipinski definition) is 1. The number of anilines is 2. The van der Waals surface area contributed by atoms with Gasteiger partial charge in [0.2, 0.25) is 0 Å². The molecule has 2 N–H and O–H groups in total. The number of rotatable bonds is 4. The molecule has 110 valence electrons. The predicted molar refractivity (Wildman–Crippen MR) is 79.1 cm³/mol. The zero-order chi connectivity index (χ0) is 14.5. The van der Waals surface area contributed by atoms with Crippen LogP contribution in [0.5, 0.6) is 0 Å². The normalized spacial score (nSPS) is 18.9. The first-order chi connectivity index (χ1) is 9.65. The first-order valence-electron chi connectivity index (χ1n) is 7.08. The topological polar surface area (TPSA) is 64.8 Å². The quantitative estimate of drug-likeness (QED) is 0.674. The number of carbonyl (C=O) groups excluding carboxylic acids is 1. The SMILES string of the molecule is CCOC(=O)c1cc(N2CCOC(CC)C2)ccc1N. The molecule has 0 aromatic heterocycles. The Labute approximate surface area is 119 Å². The van der Waals surface area contributed by atoms with E-state index in [9.17, 15) is 4.79 Å². The zero-order valence-electron chi connectivity index (χ0n) is 12.1. The number of benzene rings is 1. The van der Waals surface area contributed by atoms with Crippen molar-refractivity contribution in [2.45, 2.75) is 26.4 Å². The maximum Gasteiger partial charge on any atom is 0.340 e. The standard InChI is InChI=1S/C15H22N2O3/c1-3-12-10-17(7-8-20-12)11-5-6-14(16)13(9-11)15(18)19-4-2/h5-6,9,12H,3-4,7-8,10,16H2,1-2H3. The van der Waals surface area contributed by atoms with Gasteiger partial charge in [0.1, 0.15) is 0 Å². The summed E-state index contributed by atoms with van der Waals surface area (Å²) >= 11 is 0. The van der Waals surface area contributed by atoms with Gasteiger partial charge in [-0.3, -0.25) is 0 Å². The van der Waals surface area contributed by atoms with Crippen molar-refractivity contribution in [2.24, 2.45) is 0 Å². The van der Waals surface area contributed by atoms with Crippen LogP contribution in [-0.2, 0) is 9.47 Å². The molecule has 1 atom stereocenters. The van der Waals surface area contributed by atoms with Crippen molar-refractivity contribution in [3.8, 4) is 0 Å². The first-order valence-corrected chi connectivity index (χ1v) is 7.08. The molecule has 5 heteroatoms. The summed E-state index contributed by atoms with van der Waals surface area (Å²) in [4.78, 5) is 14.1. The van der Waals surface area contributed by atoms with Crippen LogP contribution in [0.2, 0.25) is 0 Å². The number of nitrogens with zero attached hydrogens (tertiary/aromatic N) is 1. The van der Waals surface area contributed by atoms with Crippen LogP contribution >= 0.6 is 0 Å². The highest BCUT2D eigenvalue weighted by Crippen LogP contribution is 2.24. The molecule has 1 saturated heterocycles. The molecule has 0 amide bonds. The van der Waals surface area contributed by atoms with Crippen molar-refractivity contribution in [1.82, 2.24) is 0 Å². The van der Waals surface area contributed by atoms with E-state index in [4.69, 9.17) is 15.2 Å². The summed E-state index contributed by atoms with van der Waals surface area (Å²) in [5.41, 5.74) is 7.73. The van der Waals surface area contributed by atoms with Crippen LogP contribution in [0.4, 0.5) is 11.4 Å². The molecular weight excluding hydrogens is 256 g/mol. The van der Waals surface area contributed by atoms with Crippen LogP contribution in [0.3, 0.4) is 0 Å². The maximum atomic E-state index is 11.9. The highest BCUT2D eigenvalue weighted by molar-refractivity contribution is 5.96. The summed E-state index contributed by atoms with van der Waals surface area (Å²) in [7, 11) is 0. The van der Waals surface area contributed by atoms with Gasteiger partial charge in [0.25, 0.3) is 0 Å². The molecule has 1 heterocycles. The fourth-order valence-corrected chi connectivity index (χ4v) is 2.33. The van der Waals surface area contributed by atoms with E-state index in [0.717, 1.165) is 25.2 Å². The van der Waals surface area contributed by atoms with Crippen LogP contribution in [0.15, 0.2) is 18.2 Å². The van der Waals surface area contributed by atoms with Gasteiger partial charge in [-0.05, 0) is 31.5 Å². The van der Waals surface area contributed by atoms with Crippen LogP contribution in [0, 0.1) is 0 Å². The lowest BCUT2D eigenvalue weighted by atomic mass is 10.1. The Morgan fingerprint density at radius 1 is 1.50 bits per heavy atom. The lowest BCUT2D eigenvalue weighted by Gasteiger charge is -2.34. The molecule has 1 unspecified atom stereocenters. The van der Waals surface area contributed by atoms with Crippen LogP contribution in [0.1, 0.15) is 30.6 Å². The van der Waals surface area contributed by atoms with E-state index in [-0.39, 0.29) is 12.1 Å². The summed E-state index contributed by atoms with van der Waals surface area (Å²) < 4.78 is 10.7. The second-order valence-electron chi connectivity index (χ2n) is 4.84. The van der Waals surface area contributed by atoms with Crippen molar-refractivity contribution in [3.63, 3.8) is 0 Å². The Bertz CT molecular complexity index is 476. The summed E-state index contributed by atoms with van der Waals surface area (Å²) in [5.74, 6) is -0.368. The van der Waals surface area contributed by atoms with E-state index in [0.29, 0.717) is 24.5 Å². The number of morpholine rings is 1. The lowest BCUT2D eigenvalue weighted by molar-refractivity contribution is 0.0384. The van der Waals surface area contributed by atoms with Gasteiger partial charge >= 0.3 is 5.97 Å². The molecule has 20 heavy (non-hydrogen) atoms. The van der Waals surface area contributed by atoms with E-state index in [1.807, 2.05) is 12.1 Å². The number of hydrogen-bond acceptors (Lipinski definition) is 5. The number of nitrogen functional groups attached to an aromatic ring is 1. The summed E-state index contributed by atoms with van der Waals surface area (Å²) in [6.07, 6.45) is 1.23. The molecule has 1 aliphatic heterocycles. The Kier molecular flexibility index (Phi) is 4.84. The summed E-state index contributed by atoms with van der Waals surface area (Å²) in [6, 6.07) is 5.51. The van der Waals surface area contributed by atoms with Gasteiger partial charge in [-0.25, -0.2) is 4.79 Å². The second-order valence-corrected chi connectivity index (χ2v) is 4.84. The van der Waals surface area contributed by atoms with Gasteiger partial charge in [-0.1, -0.05) is 6.92 Å². The van der Waals surface area contributed by atoms with Crippen LogP contribution < -0.4 is 10.6 Å². The van der Waals surface area contributed by atoms with Gasteiger partial charge in [0.15, 0.2) is 0 Å². The molecule has 0 radical (unpaired) electrons. The minimum absolute atomic E-state index is 0.243. The van der Waals surface area contributed by atoms with Gasteiger partial charge in [0.05, 0.1) is 24.9 Å². The third kappa shape index (κ3) is 3.22. The van der Waals surface area contributed by atoms with Crippen LogP contribution in [-0.4, -0.2) is 38.4 Å². The van der Waals surface area contributed by atoms with Gasteiger partial charge in [-0.2, -0.15) is 0 Å². The van der Waals surface area contributed by atoms with E-state index < -0.39 is 0 Å². The Hall–Kier alpha value is -1.75. The van der Waals surface area contributed by atoms with Crippen molar-refractivity contribution in [1.29, 1.82) is 0 Å². The van der Waals surface area contributed by atoms with E-state index in [2.05, 4.69) is 11.8 Å². The highest BCUT2D eigenvalue weighted by atomic mass is 16.5. The van der Waals surface area contributed by atoms with Crippen molar-refractivity contribution in [2.75, 3.05) is 36.9 Å². The Morgan fingerprint density at radius 3 is 3.00 bits per heavy atom. The van der Waals surface area contributed by atoms with Crippen molar-refractivity contribution in [3.05, 3.63) is 23.8 Å². The van der Waals surface area contributed by atoms with Crippen molar-refractivity contribution >= 4 is 17.3 Å². The first kappa shape index (κ1) is 14.7. The number of ether oxygens (including phenoxy) is 2. The molecular formula is C15H22N2O3. The minimum atomic E-state index is -0.368. The number of esters is 1. The van der Waals surface area contributed by atoms with E-state index in [1.165, 1.54) is 0 Å². The highest BCUT2D eigenvalue weighted by Gasteiger charge is 2.21. The zero-order valence-corrected chi connectivity index (χ0v) is 12.1. The summed E-state index contributed by atoms with van der Waals surface area (Å²) in [6.45, 7) is 6.61. The smallest absolute Gasteiger partial charge is 0.340 e. The molecule has 0 saturated carbocycles. The summed E-state index contributed by atoms with van der Waals surface area (Å²) in [5, 5.41) is 0. The maximum absolute atomic E-state index is 11.9. The molecule has 5 nitrogen and oxygen atoms in total. The molecule has 1 aromatic carbocycles. The molecule has 1 aliphatic rings. The second kappa shape index (κ2) is 6.61. The van der Waals surface area contributed by atoms with E-state index >= 15 is 0 Å². The van der Waals surface area contributed by atoms with Crippen molar-refractivity contribution < 1.29 is 14.3 Å². The average Bonchev–Trinajstić information content (AvgIpc) is 2.48. The molecule has 1 fully saturated rings. The number of carbonyl (C=O) groups is 1. The molecule has 2 rings (SSSR count). The predicted octanol–water partition coefficient (Wildman–Crippen LogP) is 2.06. The third-order valence-corrected chi connectivity index (χ3v) is 3.49. The fourth-order valence-electron chi connectivity index (χ4n) is 2.33. The van der Waals surface area contributed by atoms with Gasteiger partial charge < -0.3 is 20.1 Å². The van der Waals surface area contributed by atoms with Gasteiger partial charge in [0, 0.05) is 24.5 Å². The monoisotopic (exact) mass is 278 g/mol. The van der Waals surface area contributed by atoms with Gasteiger partial charge in [-0.15, -0.1) is 0 Å². The fraction of sp³-hybridized carbons (Fsp3) is 0.533. The minimum Gasteiger partial charge on any atom is -0.462 e. The van der Waals surface area contributed by atoms with E-state index in [1.54, 1.807) is 13.0 Å². The molecule has 0 bridgehead atoms. The third-order valence-electron chi connectivity index (χ3n) is 3.49. The average molecular weight is 278 g/mol. The molecule has 0 spiro atoms. The number of nitrogens with two attached hydrogens (primary N) is 1. The molecule has 0 aliphatic carbocycles. The lowest BCUT2D eigenvalue weighted by Crippen LogP contribution is -2.42. The Balaban J connectivity index is 2.20. The largest absolute Gasteiger partial charge is 0.462 e. The Morgan fingerprint density at radius 2 is 2.30 bits per heavy atom. The molecule has 1 aromatic rings.